The Balaban J connectivity index is 1.95. The van der Waals surface area contributed by atoms with Gasteiger partial charge in [-0.1, -0.05) is 48.5 Å². The van der Waals surface area contributed by atoms with Crippen LogP contribution in [0.5, 0.6) is 0 Å². The van der Waals surface area contributed by atoms with Crippen molar-refractivity contribution in [2.45, 2.75) is 6.04 Å². The topological polar surface area (TPSA) is 78.1 Å². The first-order valence-electron chi connectivity index (χ1n) is 8.04. The molecule has 0 aliphatic heterocycles. The Morgan fingerprint density at radius 2 is 1.72 bits per heavy atom. The minimum atomic E-state index is -0.317. The summed E-state index contributed by atoms with van der Waals surface area (Å²) in [5.74, 6) is -0.317. The number of hydrogen-bond donors (Lipinski definition) is 2. The molecular weight excluding hydrogens is 316 g/mol. The number of likely N-dealkylation sites (N-methyl/N-ethyl adjacent to an activating group) is 1. The van der Waals surface area contributed by atoms with Crippen LogP contribution in [0.1, 0.15) is 22.1 Å². The number of amides is 1. The number of carbonyl (C=O) groups is 1. The van der Waals surface area contributed by atoms with Gasteiger partial charge >= 0.3 is 0 Å². The molecule has 1 atom stereocenters. The quantitative estimate of drug-likeness (QED) is 0.746. The summed E-state index contributed by atoms with van der Waals surface area (Å²) in [5.41, 5.74) is 0.924. The van der Waals surface area contributed by atoms with Gasteiger partial charge < -0.3 is 10.2 Å². The predicted octanol–water partition coefficient (Wildman–Crippen LogP) is 1.96. The molecule has 0 saturated heterocycles. The molecule has 3 rings (SSSR count). The maximum absolute atomic E-state index is 12.8. The second-order valence-corrected chi connectivity index (χ2v) is 6.15. The fourth-order valence-electron chi connectivity index (χ4n) is 2.80. The summed E-state index contributed by atoms with van der Waals surface area (Å²) in [6.07, 6.45) is 0. The van der Waals surface area contributed by atoms with Crippen LogP contribution < -0.4 is 10.9 Å². The van der Waals surface area contributed by atoms with Crippen LogP contribution in [0.3, 0.4) is 0 Å². The monoisotopic (exact) mass is 336 g/mol. The summed E-state index contributed by atoms with van der Waals surface area (Å²) < 4.78 is 0. The lowest BCUT2D eigenvalue weighted by Crippen LogP contribution is -2.36. The molecule has 2 aromatic carbocycles. The first kappa shape index (κ1) is 16.9. The SMILES string of the molecule is CN(C)C[C@@H](NC(=O)c1n[nH]c(=O)c2ccccc12)c1ccccc1. The number of H-pyrrole nitrogens is 1. The van der Waals surface area contributed by atoms with Crippen molar-refractivity contribution in [3.05, 3.63) is 76.2 Å². The lowest BCUT2D eigenvalue weighted by molar-refractivity contribution is 0.0925. The number of benzene rings is 2. The van der Waals surface area contributed by atoms with Gasteiger partial charge in [-0.3, -0.25) is 9.59 Å². The third kappa shape index (κ3) is 3.75. The molecule has 128 valence electrons. The van der Waals surface area contributed by atoms with E-state index < -0.39 is 0 Å². The van der Waals surface area contributed by atoms with E-state index in [2.05, 4.69) is 15.5 Å². The summed E-state index contributed by atoms with van der Waals surface area (Å²) >= 11 is 0. The van der Waals surface area contributed by atoms with Crippen molar-refractivity contribution in [3.8, 4) is 0 Å². The molecule has 0 aliphatic carbocycles. The van der Waals surface area contributed by atoms with Crippen LogP contribution in [-0.2, 0) is 0 Å². The molecule has 1 heterocycles. The number of nitrogens with zero attached hydrogens (tertiary/aromatic N) is 2. The van der Waals surface area contributed by atoms with Crippen LogP contribution in [0.15, 0.2) is 59.4 Å². The Kier molecular flexibility index (Phi) is 4.90. The molecule has 0 radical (unpaired) electrons. The highest BCUT2D eigenvalue weighted by Crippen LogP contribution is 2.16. The standard InChI is InChI=1S/C19H20N4O2/c1-23(2)12-16(13-8-4-3-5-9-13)20-19(25)17-14-10-6-7-11-15(14)18(24)22-21-17/h3-11,16H,12H2,1-2H3,(H,20,25)(H,22,24)/t16-/m1/s1. The summed E-state index contributed by atoms with van der Waals surface area (Å²) in [7, 11) is 3.91. The predicted molar refractivity (Wildman–Crippen MR) is 97.6 cm³/mol. The van der Waals surface area contributed by atoms with E-state index in [1.807, 2.05) is 49.3 Å². The average Bonchev–Trinajstić information content (AvgIpc) is 2.62. The first-order chi connectivity index (χ1) is 12.1. The van der Waals surface area contributed by atoms with Gasteiger partial charge in [0.25, 0.3) is 11.5 Å². The molecule has 0 fully saturated rings. The van der Waals surface area contributed by atoms with Crippen molar-refractivity contribution in [1.29, 1.82) is 0 Å². The Labute approximate surface area is 145 Å². The van der Waals surface area contributed by atoms with Crippen LogP contribution in [0.2, 0.25) is 0 Å². The summed E-state index contributed by atoms with van der Waals surface area (Å²) in [4.78, 5) is 26.7. The van der Waals surface area contributed by atoms with E-state index in [-0.39, 0.29) is 23.2 Å². The second kappa shape index (κ2) is 7.27. The molecule has 6 heteroatoms. The molecule has 0 saturated carbocycles. The Hall–Kier alpha value is -2.99. The highest BCUT2D eigenvalue weighted by molar-refractivity contribution is 6.04. The van der Waals surface area contributed by atoms with Crippen LogP contribution >= 0.6 is 0 Å². The Morgan fingerprint density at radius 1 is 1.08 bits per heavy atom. The minimum absolute atomic E-state index is 0.184. The highest BCUT2D eigenvalue weighted by atomic mass is 16.2. The molecule has 1 amide bonds. The van der Waals surface area contributed by atoms with Gasteiger partial charge in [0.05, 0.1) is 11.4 Å². The average molecular weight is 336 g/mol. The van der Waals surface area contributed by atoms with Crippen molar-refractivity contribution >= 4 is 16.7 Å². The normalized spacial score (nSPS) is 12.3. The van der Waals surface area contributed by atoms with Crippen LogP contribution in [0.25, 0.3) is 10.8 Å². The van der Waals surface area contributed by atoms with Gasteiger partial charge in [0.1, 0.15) is 0 Å². The molecule has 0 unspecified atom stereocenters. The van der Waals surface area contributed by atoms with Crippen molar-refractivity contribution in [2.24, 2.45) is 0 Å². The maximum atomic E-state index is 12.8. The fraction of sp³-hybridized carbons (Fsp3) is 0.211. The fourth-order valence-corrected chi connectivity index (χ4v) is 2.80. The zero-order valence-corrected chi connectivity index (χ0v) is 14.2. The van der Waals surface area contributed by atoms with Gasteiger partial charge in [0.15, 0.2) is 5.69 Å². The Bertz CT molecular complexity index is 935. The van der Waals surface area contributed by atoms with E-state index in [1.54, 1.807) is 24.3 Å². The van der Waals surface area contributed by atoms with Crippen molar-refractivity contribution in [3.63, 3.8) is 0 Å². The van der Waals surface area contributed by atoms with E-state index >= 15 is 0 Å². The number of nitrogens with one attached hydrogen (secondary N) is 2. The second-order valence-electron chi connectivity index (χ2n) is 6.15. The summed E-state index contributed by atoms with van der Waals surface area (Å²) in [5, 5.41) is 10.4. The van der Waals surface area contributed by atoms with Gasteiger partial charge in [0.2, 0.25) is 0 Å². The molecule has 1 aromatic heterocycles. The van der Waals surface area contributed by atoms with E-state index in [0.717, 1.165) is 5.56 Å². The lowest BCUT2D eigenvalue weighted by Gasteiger charge is -2.22. The summed E-state index contributed by atoms with van der Waals surface area (Å²) in [6, 6.07) is 16.6. The highest BCUT2D eigenvalue weighted by Gasteiger charge is 2.19. The van der Waals surface area contributed by atoms with Crippen LogP contribution in [0, 0.1) is 0 Å². The van der Waals surface area contributed by atoms with Gasteiger partial charge in [-0.2, -0.15) is 5.10 Å². The van der Waals surface area contributed by atoms with Crippen molar-refractivity contribution in [2.75, 3.05) is 20.6 Å². The molecule has 0 aliphatic rings. The van der Waals surface area contributed by atoms with Gasteiger partial charge in [0, 0.05) is 11.9 Å². The van der Waals surface area contributed by atoms with Crippen molar-refractivity contribution < 1.29 is 4.79 Å². The molecule has 6 nitrogen and oxygen atoms in total. The number of rotatable bonds is 5. The lowest BCUT2D eigenvalue weighted by atomic mass is 10.1. The first-order valence-corrected chi connectivity index (χ1v) is 8.04. The smallest absolute Gasteiger partial charge is 0.272 e. The van der Waals surface area contributed by atoms with Gasteiger partial charge in [-0.05, 0) is 25.7 Å². The number of aromatic amines is 1. The Morgan fingerprint density at radius 3 is 2.40 bits per heavy atom. The zero-order chi connectivity index (χ0) is 17.8. The number of hydrogen-bond acceptors (Lipinski definition) is 4. The number of aromatic nitrogens is 2. The van der Waals surface area contributed by atoms with Crippen LogP contribution in [0.4, 0.5) is 0 Å². The largest absolute Gasteiger partial charge is 0.343 e. The third-order valence-electron chi connectivity index (χ3n) is 3.97. The molecule has 25 heavy (non-hydrogen) atoms. The molecular formula is C19H20N4O2. The minimum Gasteiger partial charge on any atom is -0.343 e. The van der Waals surface area contributed by atoms with E-state index in [9.17, 15) is 9.59 Å². The summed E-state index contributed by atoms with van der Waals surface area (Å²) in [6.45, 7) is 0.650. The molecule has 0 bridgehead atoms. The van der Waals surface area contributed by atoms with Gasteiger partial charge in [-0.15, -0.1) is 0 Å². The molecule has 2 N–H and O–H groups in total. The van der Waals surface area contributed by atoms with Gasteiger partial charge in [-0.25, -0.2) is 5.10 Å². The van der Waals surface area contributed by atoms with E-state index in [4.69, 9.17) is 0 Å². The van der Waals surface area contributed by atoms with E-state index in [0.29, 0.717) is 17.3 Å². The zero-order valence-electron chi connectivity index (χ0n) is 14.2. The molecule has 0 spiro atoms. The molecule has 3 aromatic rings. The number of fused-ring (bicyclic) bond motifs is 1. The maximum Gasteiger partial charge on any atom is 0.272 e. The van der Waals surface area contributed by atoms with Crippen molar-refractivity contribution in [1.82, 2.24) is 20.4 Å². The number of carbonyl (C=O) groups excluding carboxylic acids is 1. The van der Waals surface area contributed by atoms with Crippen LogP contribution in [-0.4, -0.2) is 41.6 Å². The van der Waals surface area contributed by atoms with E-state index in [1.165, 1.54) is 0 Å². The third-order valence-corrected chi connectivity index (χ3v) is 3.97.